The van der Waals surface area contributed by atoms with Gasteiger partial charge in [0.15, 0.2) is 11.5 Å². The number of anilines is 1. The lowest BCUT2D eigenvalue weighted by Crippen LogP contribution is -2.56. The predicted molar refractivity (Wildman–Crippen MR) is 132 cm³/mol. The van der Waals surface area contributed by atoms with Crippen LogP contribution in [0.3, 0.4) is 0 Å². The van der Waals surface area contributed by atoms with Crippen molar-refractivity contribution in [3.8, 4) is 17.3 Å². The van der Waals surface area contributed by atoms with Gasteiger partial charge in [0.1, 0.15) is 29.1 Å². The number of nitrogens with zero attached hydrogens (tertiary/aromatic N) is 7. The molecule has 0 spiro atoms. The number of aromatic nitrogens is 6. The standard InChI is InChI=1S/C24H25ClFN9/c1-10(2)35-17(9-27)18-15(33-35)6-5-13(19(18)25)21-22-23(32-31-21)30-24(11(3)29-22)34-12-4-7-16(34)20(26)14(28)8-12/h5-6,10,12,14,16,20H,4,7-8,28H2,1-3H3,(H,30,31,32)/t12-,14-,16+,20-/m0/s1. The molecule has 5 heterocycles. The normalized spacial score (nSPS) is 24.1. The van der Waals surface area contributed by atoms with E-state index in [1.807, 2.05) is 32.9 Å². The summed E-state index contributed by atoms with van der Waals surface area (Å²) in [5.41, 5.74) is 10.0. The highest BCUT2D eigenvalue weighted by Gasteiger charge is 2.47. The Hall–Kier alpha value is -3.29. The van der Waals surface area contributed by atoms with Crippen LogP contribution in [0.1, 0.15) is 50.5 Å². The van der Waals surface area contributed by atoms with Crippen LogP contribution < -0.4 is 10.6 Å². The predicted octanol–water partition coefficient (Wildman–Crippen LogP) is 4.19. The second kappa shape index (κ2) is 7.86. The average Bonchev–Trinajstić information content (AvgIpc) is 3.50. The lowest BCUT2D eigenvalue weighted by Gasteiger charge is -2.41. The monoisotopic (exact) mass is 493 g/mol. The molecule has 2 bridgehead atoms. The van der Waals surface area contributed by atoms with E-state index in [1.165, 1.54) is 0 Å². The van der Waals surface area contributed by atoms with E-state index >= 15 is 0 Å². The topological polar surface area (TPSA) is 125 Å². The van der Waals surface area contributed by atoms with Gasteiger partial charge in [-0.25, -0.2) is 14.4 Å². The molecular weight excluding hydrogens is 469 g/mol. The molecule has 0 aliphatic carbocycles. The Labute approximate surface area is 206 Å². The zero-order chi connectivity index (χ0) is 24.6. The highest BCUT2D eigenvalue weighted by atomic mass is 35.5. The number of halogens is 2. The molecule has 9 nitrogen and oxygen atoms in total. The molecule has 1 aromatic carbocycles. The molecule has 4 aromatic rings. The number of aryl methyl sites for hydroxylation is 1. The summed E-state index contributed by atoms with van der Waals surface area (Å²) in [6.07, 6.45) is 1.17. The smallest absolute Gasteiger partial charge is 0.177 e. The second-order valence-electron chi connectivity index (χ2n) is 9.77. The summed E-state index contributed by atoms with van der Waals surface area (Å²) in [5, 5.41) is 22.8. The van der Waals surface area contributed by atoms with Crippen LogP contribution in [0, 0.1) is 18.3 Å². The van der Waals surface area contributed by atoms with Crippen molar-refractivity contribution in [3.63, 3.8) is 0 Å². The summed E-state index contributed by atoms with van der Waals surface area (Å²) >= 11 is 6.84. The van der Waals surface area contributed by atoms with Crippen molar-refractivity contribution in [2.45, 2.75) is 70.4 Å². The van der Waals surface area contributed by atoms with Crippen molar-refractivity contribution in [3.05, 3.63) is 28.5 Å². The molecule has 4 atom stereocenters. The number of nitriles is 1. The van der Waals surface area contributed by atoms with Gasteiger partial charge in [-0.15, -0.1) is 0 Å². The Morgan fingerprint density at radius 2 is 2.09 bits per heavy atom. The van der Waals surface area contributed by atoms with Crippen LogP contribution in [0.5, 0.6) is 0 Å². The number of hydrogen-bond donors (Lipinski definition) is 2. The summed E-state index contributed by atoms with van der Waals surface area (Å²) in [5.74, 6) is 0.668. The van der Waals surface area contributed by atoms with Gasteiger partial charge >= 0.3 is 0 Å². The minimum Gasteiger partial charge on any atom is -0.346 e. The third-order valence-electron chi connectivity index (χ3n) is 7.31. The summed E-state index contributed by atoms with van der Waals surface area (Å²) in [6.45, 7) is 5.81. The third-order valence-corrected chi connectivity index (χ3v) is 7.70. The van der Waals surface area contributed by atoms with Crippen LogP contribution in [0.15, 0.2) is 12.1 Å². The number of aromatic amines is 1. The van der Waals surface area contributed by atoms with Crippen LogP contribution in [0.2, 0.25) is 5.02 Å². The highest BCUT2D eigenvalue weighted by molar-refractivity contribution is 6.38. The maximum atomic E-state index is 14.9. The van der Waals surface area contributed by atoms with Crippen LogP contribution in [0.4, 0.5) is 10.2 Å². The number of rotatable bonds is 3. The second-order valence-corrected chi connectivity index (χ2v) is 10.1. The molecule has 180 valence electrons. The first kappa shape index (κ1) is 22.2. The fraction of sp³-hybridized carbons (Fsp3) is 0.458. The van der Waals surface area contributed by atoms with Crippen molar-refractivity contribution in [1.29, 1.82) is 5.26 Å². The molecule has 0 saturated carbocycles. The minimum atomic E-state index is -1.09. The highest BCUT2D eigenvalue weighted by Crippen LogP contribution is 2.42. The summed E-state index contributed by atoms with van der Waals surface area (Å²) < 4.78 is 16.6. The molecule has 2 aliphatic rings. The third kappa shape index (κ3) is 3.15. The molecule has 2 fully saturated rings. The van der Waals surface area contributed by atoms with Gasteiger partial charge in [-0.1, -0.05) is 11.6 Å². The lowest BCUT2D eigenvalue weighted by atomic mass is 9.96. The quantitative estimate of drug-likeness (QED) is 0.438. The zero-order valence-corrected chi connectivity index (χ0v) is 20.4. The van der Waals surface area contributed by atoms with E-state index in [1.54, 1.807) is 4.68 Å². The van der Waals surface area contributed by atoms with Gasteiger partial charge in [0.25, 0.3) is 0 Å². The lowest BCUT2D eigenvalue weighted by molar-refractivity contribution is 0.203. The van der Waals surface area contributed by atoms with Gasteiger partial charge in [-0.2, -0.15) is 15.5 Å². The number of fused-ring (bicyclic) bond motifs is 4. The van der Waals surface area contributed by atoms with E-state index in [0.717, 1.165) is 12.8 Å². The molecule has 6 rings (SSSR count). The first-order valence-electron chi connectivity index (χ1n) is 11.8. The van der Waals surface area contributed by atoms with Crippen molar-refractivity contribution < 1.29 is 4.39 Å². The van der Waals surface area contributed by atoms with Gasteiger partial charge in [-0.3, -0.25) is 9.78 Å². The minimum absolute atomic E-state index is 0.0123. The fourth-order valence-electron chi connectivity index (χ4n) is 5.68. The summed E-state index contributed by atoms with van der Waals surface area (Å²) in [6, 6.07) is 5.37. The van der Waals surface area contributed by atoms with Gasteiger partial charge in [-0.05, 0) is 52.2 Å². The maximum Gasteiger partial charge on any atom is 0.177 e. The van der Waals surface area contributed by atoms with Crippen molar-refractivity contribution in [1.82, 2.24) is 29.9 Å². The Bertz CT molecular complexity index is 1520. The SMILES string of the molecule is Cc1nc2c(-c3ccc4nn(C(C)C)c(C#N)c4c3Cl)n[nH]c2nc1N1[C@H]2CC[C@@H]1[C@@H](F)[C@@H](N)C2. The first-order valence-corrected chi connectivity index (χ1v) is 12.2. The maximum absolute atomic E-state index is 14.9. The van der Waals surface area contributed by atoms with Crippen LogP contribution >= 0.6 is 11.6 Å². The Kier molecular flexibility index (Phi) is 4.99. The fourth-order valence-corrected chi connectivity index (χ4v) is 6.02. The first-order chi connectivity index (χ1) is 16.8. The molecule has 2 aliphatic heterocycles. The number of H-pyrrole nitrogens is 1. The summed E-state index contributed by atoms with van der Waals surface area (Å²) in [7, 11) is 0. The molecule has 0 amide bonds. The molecule has 0 unspecified atom stereocenters. The largest absolute Gasteiger partial charge is 0.346 e. The van der Waals surface area contributed by atoms with Crippen molar-refractivity contribution in [2.24, 2.45) is 5.73 Å². The number of nitrogens with one attached hydrogen (secondary N) is 1. The number of benzene rings is 1. The zero-order valence-electron chi connectivity index (χ0n) is 19.6. The number of alkyl halides is 1. The average molecular weight is 494 g/mol. The van der Waals surface area contributed by atoms with Crippen LogP contribution in [-0.4, -0.2) is 54.2 Å². The molecule has 0 radical (unpaired) electrons. The number of piperidine rings is 1. The molecule has 3 N–H and O–H groups in total. The molecule has 35 heavy (non-hydrogen) atoms. The van der Waals surface area contributed by atoms with E-state index in [-0.39, 0.29) is 18.1 Å². The Balaban J connectivity index is 1.47. The Morgan fingerprint density at radius 3 is 2.83 bits per heavy atom. The number of nitrogens with two attached hydrogens (primary N) is 1. The molecular formula is C24H25ClFN9. The van der Waals surface area contributed by atoms with Gasteiger partial charge in [0.05, 0.1) is 27.7 Å². The van der Waals surface area contributed by atoms with Crippen molar-refractivity contribution in [2.75, 3.05) is 4.90 Å². The van der Waals surface area contributed by atoms with Gasteiger partial charge in [0, 0.05) is 23.7 Å². The van der Waals surface area contributed by atoms with E-state index in [2.05, 4.69) is 26.3 Å². The molecule has 3 aromatic heterocycles. The molecule has 2 saturated heterocycles. The Morgan fingerprint density at radius 1 is 1.29 bits per heavy atom. The van der Waals surface area contributed by atoms with Crippen LogP contribution in [-0.2, 0) is 0 Å². The van der Waals surface area contributed by atoms with Crippen LogP contribution in [0.25, 0.3) is 33.3 Å². The number of hydrogen-bond acceptors (Lipinski definition) is 7. The molecule has 11 heteroatoms. The summed E-state index contributed by atoms with van der Waals surface area (Å²) in [4.78, 5) is 11.7. The van der Waals surface area contributed by atoms with E-state index < -0.39 is 12.2 Å². The van der Waals surface area contributed by atoms with Crippen molar-refractivity contribution >= 4 is 39.5 Å². The van der Waals surface area contributed by atoms with E-state index in [9.17, 15) is 9.65 Å². The van der Waals surface area contributed by atoms with Gasteiger partial charge < -0.3 is 10.6 Å². The van der Waals surface area contributed by atoms with E-state index in [0.29, 0.717) is 62.0 Å². The van der Waals surface area contributed by atoms with Gasteiger partial charge in [0.2, 0.25) is 0 Å². The van der Waals surface area contributed by atoms with E-state index in [4.69, 9.17) is 27.3 Å².